The molecule has 0 aliphatic rings. The van der Waals surface area contributed by atoms with Crippen molar-refractivity contribution >= 4 is 5.91 Å². The molecule has 0 aliphatic heterocycles. The largest absolute Gasteiger partial charge is 0.417 e. The van der Waals surface area contributed by atoms with E-state index >= 15 is 0 Å². The van der Waals surface area contributed by atoms with Crippen molar-refractivity contribution in [2.75, 3.05) is 6.54 Å². The third-order valence-electron chi connectivity index (χ3n) is 2.32. The van der Waals surface area contributed by atoms with Crippen molar-refractivity contribution in [1.82, 2.24) is 5.32 Å². The number of halogens is 3. The van der Waals surface area contributed by atoms with Gasteiger partial charge in [-0.3, -0.25) is 4.79 Å². The molecule has 0 radical (unpaired) electrons. The lowest BCUT2D eigenvalue weighted by atomic mass is 10.1. The van der Waals surface area contributed by atoms with E-state index < -0.39 is 29.3 Å². The van der Waals surface area contributed by atoms with E-state index in [1.807, 2.05) is 0 Å². The summed E-state index contributed by atoms with van der Waals surface area (Å²) in [4.78, 5) is 11.6. The van der Waals surface area contributed by atoms with E-state index in [1.54, 1.807) is 0 Å². The van der Waals surface area contributed by atoms with Crippen LogP contribution >= 0.6 is 0 Å². The summed E-state index contributed by atoms with van der Waals surface area (Å²) in [6, 6.07) is 4.60. The minimum atomic E-state index is -4.56. The third kappa shape index (κ3) is 4.03. The summed E-state index contributed by atoms with van der Waals surface area (Å²) < 4.78 is 37.9. The molecule has 0 bridgehead atoms. The zero-order valence-corrected chi connectivity index (χ0v) is 9.79. The van der Waals surface area contributed by atoms with Gasteiger partial charge < -0.3 is 10.4 Å². The van der Waals surface area contributed by atoms with Gasteiger partial charge >= 0.3 is 6.18 Å². The molecule has 1 aromatic rings. The lowest BCUT2D eigenvalue weighted by Gasteiger charge is -2.12. The molecule has 0 saturated heterocycles. The molecule has 100 valence electrons. The van der Waals surface area contributed by atoms with Crippen molar-refractivity contribution in [3.8, 4) is 0 Å². The predicted molar refractivity (Wildman–Crippen MR) is 60.1 cm³/mol. The van der Waals surface area contributed by atoms with E-state index in [4.69, 9.17) is 5.11 Å². The van der Waals surface area contributed by atoms with E-state index in [2.05, 4.69) is 5.32 Å². The average Bonchev–Trinajstić information content (AvgIpc) is 2.27. The Morgan fingerprint density at radius 3 is 2.56 bits per heavy atom. The van der Waals surface area contributed by atoms with Gasteiger partial charge in [-0.05, 0) is 25.5 Å². The Morgan fingerprint density at radius 2 is 2.00 bits per heavy atom. The molecule has 0 spiro atoms. The number of nitrogens with one attached hydrogen (secondary N) is 1. The van der Waals surface area contributed by atoms with Gasteiger partial charge in [0.2, 0.25) is 0 Å². The number of rotatable bonds is 4. The lowest BCUT2D eigenvalue weighted by molar-refractivity contribution is -0.137. The van der Waals surface area contributed by atoms with Crippen LogP contribution in [0.3, 0.4) is 0 Å². The first-order chi connectivity index (χ1) is 8.32. The van der Waals surface area contributed by atoms with E-state index in [0.717, 1.165) is 12.1 Å². The molecule has 0 aliphatic carbocycles. The number of alkyl halides is 3. The van der Waals surface area contributed by atoms with Crippen molar-refractivity contribution in [1.29, 1.82) is 0 Å². The fraction of sp³-hybridized carbons (Fsp3) is 0.417. The smallest absolute Gasteiger partial charge is 0.393 e. The van der Waals surface area contributed by atoms with E-state index in [0.29, 0.717) is 6.42 Å². The minimum absolute atomic E-state index is 0.128. The molecular weight excluding hydrogens is 247 g/mol. The van der Waals surface area contributed by atoms with Crippen LogP contribution in [0.4, 0.5) is 13.2 Å². The Balaban J connectivity index is 2.80. The Bertz CT molecular complexity index is 416. The minimum Gasteiger partial charge on any atom is -0.393 e. The summed E-state index contributed by atoms with van der Waals surface area (Å²) >= 11 is 0. The highest BCUT2D eigenvalue weighted by Gasteiger charge is 2.34. The van der Waals surface area contributed by atoms with E-state index in [1.165, 1.54) is 19.1 Å². The van der Waals surface area contributed by atoms with Gasteiger partial charge in [-0.25, -0.2) is 0 Å². The third-order valence-corrected chi connectivity index (χ3v) is 2.32. The summed E-state index contributed by atoms with van der Waals surface area (Å²) in [5.41, 5.74) is -1.37. The molecular formula is C12H14F3NO2. The fourth-order valence-electron chi connectivity index (χ4n) is 1.42. The predicted octanol–water partition coefficient (Wildman–Crippen LogP) is 2.21. The lowest BCUT2D eigenvalue weighted by Crippen LogP contribution is -2.28. The van der Waals surface area contributed by atoms with Crippen LogP contribution in [0.5, 0.6) is 0 Å². The van der Waals surface area contributed by atoms with Gasteiger partial charge in [0.25, 0.3) is 5.91 Å². The maximum atomic E-state index is 12.6. The summed E-state index contributed by atoms with van der Waals surface area (Å²) in [7, 11) is 0. The van der Waals surface area contributed by atoms with Crippen LogP contribution in [0, 0.1) is 0 Å². The van der Waals surface area contributed by atoms with Crippen molar-refractivity contribution < 1.29 is 23.1 Å². The summed E-state index contributed by atoms with van der Waals surface area (Å²) in [6.45, 7) is 1.67. The number of amides is 1. The van der Waals surface area contributed by atoms with Crippen molar-refractivity contribution in [3.05, 3.63) is 35.4 Å². The Labute approximate surface area is 103 Å². The highest BCUT2D eigenvalue weighted by Crippen LogP contribution is 2.31. The number of benzene rings is 1. The number of aliphatic hydroxyl groups excluding tert-OH is 1. The normalized spacial score (nSPS) is 13.2. The first-order valence-corrected chi connectivity index (χ1v) is 5.45. The van der Waals surface area contributed by atoms with Gasteiger partial charge in [-0.15, -0.1) is 0 Å². The highest BCUT2D eigenvalue weighted by atomic mass is 19.4. The molecule has 1 unspecified atom stereocenters. The van der Waals surface area contributed by atoms with Crippen LogP contribution in [0.1, 0.15) is 29.3 Å². The molecule has 0 saturated carbocycles. The average molecular weight is 261 g/mol. The number of carbonyl (C=O) groups excluding carboxylic acids is 1. The Morgan fingerprint density at radius 1 is 1.39 bits per heavy atom. The monoisotopic (exact) mass is 261 g/mol. The summed E-state index contributed by atoms with van der Waals surface area (Å²) in [5.74, 6) is -0.788. The quantitative estimate of drug-likeness (QED) is 0.873. The topological polar surface area (TPSA) is 49.3 Å². The second-order valence-electron chi connectivity index (χ2n) is 3.94. The molecule has 1 atom stereocenters. The summed E-state index contributed by atoms with van der Waals surface area (Å²) in [5, 5.41) is 11.3. The van der Waals surface area contributed by atoms with Crippen LogP contribution in [-0.4, -0.2) is 23.7 Å². The maximum Gasteiger partial charge on any atom is 0.417 e. The van der Waals surface area contributed by atoms with Crippen LogP contribution < -0.4 is 5.32 Å². The maximum absolute atomic E-state index is 12.6. The number of aliphatic hydroxyl groups is 1. The molecule has 2 N–H and O–H groups in total. The number of carbonyl (C=O) groups is 1. The summed E-state index contributed by atoms with van der Waals surface area (Å²) in [6.07, 6.45) is -4.87. The zero-order valence-electron chi connectivity index (χ0n) is 9.79. The Kier molecular flexibility index (Phi) is 4.72. The SMILES string of the molecule is CC(O)CCNC(=O)c1ccccc1C(F)(F)F. The zero-order chi connectivity index (χ0) is 13.8. The van der Waals surface area contributed by atoms with Crippen molar-refractivity contribution in [2.45, 2.75) is 25.6 Å². The molecule has 6 heteroatoms. The molecule has 1 aromatic carbocycles. The van der Waals surface area contributed by atoms with Gasteiger partial charge in [-0.2, -0.15) is 13.2 Å². The molecule has 0 heterocycles. The molecule has 18 heavy (non-hydrogen) atoms. The van der Waals surface area contributed by atoms with Crippen LogP contribution in [0.2, 0.25) is 0 Å². The van der Waals surface area contributed by atoms with Crippen LogP contribution in [0.15, 0.2) is 24.3 Å². The second-order valence-corrected chi connectivity index (χ2v) is 3.94. The van der Waals surface area contributed by atoms with Crippen LogP contribution in [0.25, 0.3) is 0 Å². The van der Waals surface area contributed by atoms with Gasteiger partial charge in [0.15, 0.2) is 0 Å². The van der Waals surface area contributed by atoms with Crippen LogP contribution in [-0.2, 0) is 6.18 Å². The Hall–Kier alpha value is -1.56. The van der Waals surface area contributed by atoms with Gasteiger partial charge in [0, 0.05) is 6.54 Å². The first-order valence-electron chi connectivity index (χ1n) is 5.45. The van der Waals surface area contributed by atoms with Gasteiger partial charge in [0.1, 0.15) is 0 Å². The van der Waals surface area contributed by atoms with Crippen molar-refractivity contribution in [2.24, 2.45) is 0 Å². The highest BCUT2D eigenvalue weighted by molar-refractivity contribution is 5.95. The van der Waals surface area contributed by atoms with E-state index in [-0.39, 0.29) is 6.54 Å². The molecule has 3 nitrogen and oxygen atoms in total. The first kappa shape index (κ1) is 14.5. The molecule has 0 fully saturated rings. The fourth-order valence-corrected chi connectivity index (χ4v) is 1.42. The number of hydrogen-bond acceptors (Lipinski definition) is 2. The second kappa shape index (κ2) is 5.86. The molecule has 0 aromatic heterocycles. The van der Waals surface area contributed by atoms with Gasteiger partial charge in [0.05, 0.1) is 17.2 Å². The van der Waals surface area contributed by atoms with Crippen molar-refractivity contribution in [3.63, 3.8) is 0 Å². The van der Waals surface area contributed by atoms with E-state index in [9.17, 15) is 18.0 Å². The molecule has 1 rings (SSSR count). The standard InChI is InChI=1S/C12H14F3NO2/c1-8(17)6-7-16-11(18)9-4-2-3-5-10(9)12(13,14)15/h2-5,8,17H,6-7H2,1H3,(H,16,18). The number of hydrogen-bond donors (Lipinski definition) is 2. The van der Waals surface area contributed by atoms with Gasteiger partial charge in [-0.1, -0.05) is 12.1 Å². The molecule has 1 amide bonds.